The number of nitrogens with zero attached hydrogens (tertiary/aromatic N) is 4. The predicted molar refractivity (Wildman–Crippen MR) is 72.9 cm³/mol. The number of amides is 1. The van der Waals surface area contributed by atoms with Crippen LogP contribution in [0.3, 0.4) is 0 Å². The molecule has 3 aromatic heterocycles. The zero-order valence-corrected chi connectivity index (χ0v) is 10.9. The van der Waals surface area contributed by atoms with Gasteiger partial charge in [-0.25, -0.2) is 0 Å². The van der Waals surface area contributed by atoms with Gasteiger partial charge >= 0.3 is 11.8 Å². The van der Waals surface area contributed by atoms with Crippen molar-refractivity contribution in [2.75, 3.05) is 0 Å². The van der Waals surface area contributed by atoms with Crippen LogP contribution < -0.4 is 5.32 Å². The Morgan fingerprint density at radius 1 is 1.14 bits per heavy atom. The van der Waals surface area contributed by atoms with Crippen molar-refractivity contribution in [3.05, 3.63) is 60.5 Å². The maximum atomic E-state index is 11.9. The van der Waals surface area contributed by atoms with Gasteiger partial charge in [0.1, 0.15) is 0 Å². The average Bonchev–Trinajstić information content (AvgIpc) is 3.04. The van der Waals surface area contributed by atoms with E-state index in [-0.39, 0.29) is 5.89 Å². The van der Waals surface area contributed by atoms with Crippen LogP contribution in [0.5, 0.6) is 0 Å². The molecule has 104 valence electrons. The SMILES string of the molecule is O=C(NCc1cccnc1)c1nc(-c2cccnc2)no1. The highest BCUT2D eigenvalue weighted by atomic mass is 16.5. The first-order valence-corrected chi connectivity index (χ1v) is 6.24. The van der Waals surface area contributed by atoms with Crippen LogP contribution in [-0.4, -0.2) is 26.0 Å². The lowest BCUT2D eigenvalue weighted by atomic mass is 10.3. The molecule has 3 rings (SSSR count). The molecule has 0 spiro atoms. The Kier molecular flexibility index (Phi) is 3.64. The molecule has 0 aromatic carbocycles. The topological polar surface area (TPSA) is 93.8 Å². The fourth-order valence-corrected chi connectivity index (χ4v) is 1.69. The van der Waals surface area contributed by atoms with Gasteiger partial charge in [0.15, 0.2) is 0 Å². The molecule has 3 aromatic rings. The van der Waals surface area contributed by atoms with E-state index >= 15 is 0 Å². The second-order valence-corrected chi connectivity index (χ2v) is 4.21. The number of hydrogen-bond acceptors (Lipinski definition) is 6. The fraction of sp³-hybridized carbons (Fsp3) is 0.0714. The van der Waals surface area contributed by atoms with Gasteiger partial charge in [0, 0.05) is 36.9 Å². The number of pyridine rings is 2. The fourth-order valence-electron chi connectivity index (χ4n) is 1.69. The third kappa shape index (κ3) is 3.08. The normalized spacial score (nSPS) is 10.3. The molecule has 0 aliphatic carbocycles. The molecule has 0 bridgehead atoms. The summed E-state index contributed by atoms with van der Waals surface area (Å²) in [5.41, 5.74) is 1.57. The lowest BCUT2D eigenvalue weighted by molar-refractivity contribution is 0.0907. The maximum absolute atomic E-state index is 11.9. The van der Waals surface area contributed by atoms with E-state index in [0.717, 1.165) is 5.56 Å². The van der Waals surface area contributed by atoms with Gasteiger partial charge in [-0.05, 0) is 23.8 Å². The van der Waals surface area contributed by atoms with E-state index in [0.29, 0.717) is 17.9 Å². The number of hydrogen-bond donors (Lipinski definition) is 1. The largest absolute Gasteiger partial charge is 0.344 e. The highest BCUT2D eigenvalue weighted by molar-refractivity contribution is 5.89. The third-order valence-corrected chi connectivity index (χ3v) is 2.72. The molecule has 0 atom stereocenters. The molecule has 0 fully saturated rings. The molecule has 0 saturated carbocycles. The first-order valence-electron chi connectivity index (χ1n) is 6.24. The average molecular weight is 281 g/mol. The van der Waals surface area contributed by atoms with Crippen molar-refractivity contribution in [1.29, 1.82) is 0 Å². The molecule has 0 aliphatic heterocycles. The van der Waals surface area contributed by atoms with Crippen LogP contribution >= 0.6 is 0 Å². The molecule has 3 heterocycles. The zero-order chi connectivity index (χ0) is 14.5. The van der Waals surface area contributed by atoms with Gasteiger partial charge < -0.3 is 9.84 Å². The van der Waals surface area contributed by atoms with Crippen LogP contribution in [0.15, 0.2) is 53.6 Å². The van der Waals surface area contributed by atoms with Crippen molar-refractivity contribution in [3.8, 4) is 11.4 Å². The van der Waals surface area contributed by atoms with Crippen LogP contribution in [0.25, 0.3) is 11.4 Å². The van der Waals surface area contributed by atoms with Crippen molar-refractivity contribution < 1.29 is 9.32 Å². The van der Waals surface area contributed by atoms with E-state index < -0.39 is 5.91 Å². The lowest BCUT2D eigenvalue weighted by Gasteiger charge is -2.00. The van der Waals surface area contributed by atoms with E-state index in [9.17, 15) is 4.79 Å². The first-order chi connectivity index (χ1) is 10.3. The van der Waals surface area contributed by atoms with Crippen LogP contribution in [-0.2, 0) is 6.54 Å². The molecule has 21 heavy (non-hydrogen) atoms. The van der Waals surface area contributed by atoms with Crippen LogP contribution in [0.4, 0.5) is 0 Å². The Labute approximate surface area is 120 Å². The van der Waals surface area contributed by atoms with Crippen molar-refractivity contribution in [1.82, 2.24) is 25.4 Å². The monoisotopic (exact) mass is 281 g/mol. The minimum Gasteiger partial charge on any atom is -0.344 e. The predicted octanol–water partition coefficient (Wildman–Crippen LogP) is 1.46. The minimum atomic E-state index is -0.429. The summed E-state index contributed by atoms with van der Waals surface area (Å²) in [6.45, 7) is 0.345. The molecular weight excluding hydrogens is 270 g/mol. The molecule has 0 unspecified atom stereocenters. The quantitative estimate of drug-likeness (QED) is 0.778. The molecular formula is C14H11N5O2. The summed E-state index contributed by atoms with van der Waals surface area (Å²) in [5.74, 6) is -0.186. The molecule has 1 amide bonds. The highest BCUT2D eigenvalue weighted by Gasteiger charge is 2.15. The number of carbonyl (C=O) groups is 1. The highest BCUT2D eigenvalue weighted by Crippen LogP contribution is 2.13. The second kappa shape index (κ2) is 5.91. The van der Waals surface area contributed by atoms with Gasteiger partial charge in [-0.2, -0.15) is 4.98 Å². The lowest BCUT2D eigenvalue weighted by Crippen LogP contribution is -2.23. The van der Waals surface area contributed by atoms with Crippen molar-refractivity contribution in [3.63, 3.8) is 0 Å². The molecule has 0 aliphatic rings. The van der Waals surface area contributed by atoms with Crippen molar-refractivity contribution in [2.24, 2.45) is 0 Å². The smallest absolute Gasteiger partial charge is 0.316 e. The van der Waals surface area contributed by atoms with Crippen molar-refractivity contribution in [2.45, 2.75) is 6.54 Å². The van der Waals surface area contributed by atoms with Gasteiger partial charge in [0.25, 0.3) is 0 Å². The van der Waals surface area contributed by atoms with Gasteiger partial charge in [-0.15, -0.1) is 0 Å². The molecule has 7 heteroatoms. The Balaban J connectivity index is 1.67. The molecule has 0 radical (unpaired) electrons. The summed E-state index contributed by atoms with van der Waals surface area (Å²) in [6, 6.07) is 7.21. The van der Waals surface area contributed by atoms with Gasteiger partial charge in [0.05, 0.1) is 0 Å². The van der Waals surface area contributed by atoms with E-state index in [1.807, 2.05) is 6.07 Å². The van der Waals surface area contributed by atoms with Crippen molar-refractivity contribution >= 4 is 5.91 Å². The zero-order valence-electron chi connectivity index (χ0n) is 10.9. The third-order valence-electron chi connectivity index (χ3n) is 2.72. The Morgan fingerprint density at radius 2 is 1.95 bits per heavy atom. The molecule has 7 nitrogen and oxygen atoms in total. The standard InChI is InChI=1S/C14H11N5O2/c20-13(17-8-10-3-1-5-15-7-10)14-18-12(19-21-14)11-4-2-6-16-9-11/h1-7,9H,8H2,(H,17,20). The summed E-state index contributed by atoms with van der Waals surface area (Å²) >= 11 is 0. The summed E-state index contributed by atoms with van der Waals surface area (Å²) in [7, 11) is 0. The van der Waals surface area contributed by atoms with Crippen LogP contribution in [0.1, 0.15) is 16.2 Å². The van der Waals surface area contributed by atoms with Crippen LogP contribution in [0.2, 0.25) is 0 Å². The van der Waals surface area contributed by atoms with Crippen LogP contribution in [0, 0.1) is 0 Å². The Bertz CT molecular complexity index is 727. The number of carbonyl (C=O) groups excluding carboxylic acids is 1. The summed E-state index contributed by atoms with van der Waals surface area (Å²) in [6.07, 6.45) is 6.59. The number of rotatable bonds is 4. The van der Waals surface area contributed by atoms with Gasteiger partial charge in [-0.1, -0.05) is 11.2 Å². The Hall–Kier alpha value is -3.09. The van der Waals surface area contributed by atoms with E-state index in [1.54, 1.807) is 43.0 Å². The van der Waals surface area contributed by atoms with Gasteiger partial charge in [-0.3, -0.25) is 14.8 Å². The number of nitrogens with one attached hydrogen (secondary N) is 1. The summed E-state index contributed by atoms with van der Waals surface area (Å²) in [5, 5.41) is 6.45. The number of aromatic nitrogens is 4. The maximum Gasteiger partial charge on any atom is 0.316 e. The summed E-state index contributed by atoms with van der Waals surface area (Å²) in [4.78, 5) is 23.9. The molecule has 0 saturated heterocycles. The Morgan fingerprint density at radius 3 is 2.67 bits per heavy atom. The molecule has 1 N–H and O–H groups in total. The van der Waals surface area contributed by atoms with E-state index in [2.05, 4.69) is 25.4 Å². The second-order valence-electron chi connectivity index (χ2n) is 4.21. The minimum absolute atomic E-state index is 0.0854. The first kappa shape index (κ1) is 12.9. The van der Waals surface area contributed by atoms with E-state index in [1.165, 1.54) is 0 Å². The summed E-state index contributed by atoms with van der Waals surface area (Å²) < 4.78 is 4.95. The van der Waals surface area contributed by atoms with E-state index in [4.69, 9.17) is 4.52 Å². The van der Waals surface area contributed by atoms with Gasteiger partial charge in [0.2, 0.25) is 5.82 Å².